The number of hydrogen-bond donors (Lipinski definition) is 3. The van der Waals surface area contributed by atoms with Crippen LogP contribution in [0.1, 0.15) is 19.3 Å². The van der Waals surface area contributed by atoms with Gasteiger partial charge in [0.2, 0.25) is 0 Å². The molecule has 0 aliphatic heterocycles. The number of fused-ring (bicyclic) bond motifs is 2. The standard InChI is InChI=1S/C10H10O6/c11-7(12)5-4-1-2-10(3-4,9(15)16)6(5)8(13)14/h4H,1-3H2,(H,11,12)(H,13,14)(H,15,16). The van der Waals surface area contributed by atoms with E-state index in [1.54, 1.807) is 0 Å². The van der Waals surface area contributed by atoms with E-state index in [0.717, 1.165) is 0 Å². The zero-order valence-electron chi connectivity index (χ0n) is 8.27. The number of carbonyl (C=O) groups is 3. The Morgan fingerprint density at radius 3 is 2.19 bits per heavy atom. The maximum absolute atomic E-state index is 11.2. The Hall–Kier alpha value is -1.85. The molecule has 0 radical (unpaired) electrons. The van der Waals surface area contributed by atoms with Crippen LogP contribution in [-0.2, 0) is 14.4 Å². The maximum atomic E-state index is 11.2. The molecule has 2 bridgehead atoms. The Balaban J connectivity index is 2.63. The molecule has 0 aromatic carbocycles. The summed E-state index contributed by atoms with van der Waals surface area (Å²) in [5.74, 6) is -4.41. The predicted octanol–water partition coefficient (Wildman–Crippen LogP) is 0.337. The molecule has 2 atom stereocenters. The second kappa shape index (κ2) is 3.07. The lowest BCUT2D eigenvalue weighted by molar-refractivity contribution is -0.149. The van der Waals surface area contributed by atoms with E-state index in [-0.39, 0.29) is 18.4 Å². The molecule has 2 rings (SSSR count). The van der Waals surface area contributed by atoms with Crippen LogP contribution in [-0.4, -0.2) is 33.2 Å². The Morgan fingerprint density at radius 2 is 1.75 bits per heavy atom. The number of carboxylic acid groups (broad SMARTS) is 3. The zero-order chi connectivity index (χ0) is 12.1. The molecule has 0 saturated heterocycles. The molecule has 1 fully saturated rings. The van der Waals surface area contributed by atoms with Gasteiger partial charge in [-0.25, -0.2) is 9.59 Å². The normalized spacial score (nSPS) is 31.9. The second-order valence-electron chi connectivity index (χ2n) is 4.23. The molecule has 0 amide bonds. The van der Waals surface area contributed by atoms with E-state index in [1.165, 1.54) is 0 Å². The van der Waals surface area contributed by atoms with E-state index >= 15 is 0 Å². The van der Waals surface area contributed by atoms with Gasteiger partial charge in [0, 0.05) is 0 Å². The highest BCUT2D eigenvalue weighted by molar-refractivity contribution is 6.06. The van der Waals surface area contributed by atoms with Crippen LogP contribution >= 0.6 is 0 Å². The summed E-state index contributed by atoms with van der Waals surface area (Å²) in [6.07, 6.45) is 0.752. The van der Waals surface area contributed by atoms with Gasteiger partial charge in [-0.05, 0) is 25.2 Å². The van der Waals surface area contributed by atoms with E-state index in [2.05, 4.69) is 0 Å². The minimum atomic E-state index is -1.48. The maximum Gasteiger partial charge on any atom is 0.333 e. The van der Waals surface area contributed by atoms with Crippen molar-refractivity contribution in [1.82, 2.24) is 0 Å². The fourth-order valence-corrected chi connectivity index (χ4v) is 2.88. The highest BCUT2D eigenvalue weighted by Crippen LogP contribution is 2.57. The highest BCUT2D eigenvalue weighted by atomic mass is 16.4. The smallest absolute Gasteiger partial charge is 0.333 e. The molecule has 16 heavy (non-hydrogen) atoms. The van der Waals surface area contributed by atoms with Gasteiger partial charge in [0.15, 0.2) is 0 Å². The van der Waals surface area contributed by atoms with Crippen molar-refractivity contribution < 1.29 is 29.7 Å². The average Bonchev–Trinajstić information content (AvgIpc) is 2.72. The molecule has 2 unspecified atom stereocenters. The molecular weight excluding hydrogens is 216 g/mol. The van der Waals surface area contributed by atoms with E-state index in [1.807, 2.05) is 0 Å². The number of hydrogen-bond acceptors (Lipinski definition) is 3. The number of carboxylic acids is 3. The van der Waals surface area contributed by atoms with Crippen molar-refractivity contribution in [3.63, 3.8) is 0 Å². The van der Waals surface area contributed by atoms with Crippen LogP contribution in [0, 0.1) is 11.3 Å². The lowest BCUT2D eigenvalue weighted by atomic mass is 9.78. The summed E-state index contributed by atoms with van der Waals surface area (Å²) in [5.41, 5.74) is -2.13. The van der Waals surface area contributed by atoms with Gasteiger partial charge < -0.3 is 15.3 Å². The van der Waals surface area contributed by atoms with Gasteiger partial charge in [-0.15, -0.1) is 0 Å². The molecule has 2 aliphatic carbocycles. The van der Waals surface area contributed by atoms with Gasteiger partial charge in [-0.3, -0.25) is 4.79 Å². The van der Waals surface area contributed by atoms with Crippen LogP contribution in [0.3, 0.4) is 0 Å². The Morgan fingerprint density at radius 1 is 1.12 bits per heavy atom. The molecule has 0 spiro atoms. The third kappa shape index (κ3) is 1.09. The molecule has 0 aromatic rings. The predicted molar refractivity (Wildman–Crippen MR) is 49.7 cm³/mol. The van der Waals surface area contributed by atoms with Crippen molar-refractivity contribution in [2.24, 2.45) is 11.3 Å². The number of aliphatic carboxylic acids is 3. The zero-order valence-corrected chi connectivity index (χ0v) is 8.27. The third-order valence-corrected chi connectivity index (χ3v) is 3.52. The SMILES string of the molecule is O=C(O)C1=C(C(=O)O)C2(C(=O)O)CCC1C2. The summed E-state index contributed by atoms with van der Waals surface area (Å²) in [5, 5.41) is 27.0. The van der Waals surface area contributed by atoms with E-state index < -0.39 is 34.8 Å². The summed E-state index contributed by atoms with van der Waals surface area (Å²) in [6.45, 7) is 0. The molecule has 0 heterocycles. The highest BCUT2D eigenvalue weighted by Gasteiger charge is 2.59. The topological polar surface area (TPSA) is 112 Å². The lowest BCUT2D eigenvalue weighted by Crippen LogP contribution is -2.33. The molecular formula is C10H10O6. The van der Waals surface area contributed by atoms with Gasteiger partial charge in [-0.1, -0.05) is 0 Å². The van der Waals surface area contributed by atoms with Gasteiger partial charge in [0.1, 0.15) is 5.41 Å². The van der Waals surface area contributed by atoms with E-state index in [0.29, 0.717) is 6.42 Å². The quantitative estimate of drug-likeness (QED) is 0.639. The summed E-state index contributed by atoms with van der Waals surface area (Å²) in [6, 6.07) is 0. The average molecular weight is 226 g/mol. The first-order valence-corrected chi connectivity index (χ1v) is 4.85. The fraction of sp³-hybridized carbons (Fsp3) is 0.500. The van der Waals surface area contributed by atoms with Gasteiger partial charge in [0.05, 0.1) is 11.1 Å². The van der Waals surface area contributed by atoms with Crippen LogP contribution in [0.5, 0.6) is 0 Å². The molecule has 6 nitrogen and oxygen atoms in total. The lowest BCUT2D eigenvalue weighted by Gasteiger charge is -2.23. The van der Waals surface area contributed by atoms with E-state index in [4.69, 9.17) is 15.3 Å². The van der Waals surface area contributed by atoms with Gasteiger partial charge >= 0.3 is 17.9 Å². The fourth-order valence-electron chi connectivity index (χ4n) is 2.88. The summed E-state index contributed by atoms with van der Waals surface area (Å²) in [4.78, 5) is 33.2. The van der Waals surface area contributed by atoms with Crippen LogP contribution in [0.25, 0.3) is 0 Å². The molecule has 0 aromatic heterocycles. The van der Waals surface area contributed by atoms with E-state index in [9.17, 15) is 14.4 Å². The van der Waals surface area contributed by atoms with Crippen molar-refractivity contribution in [1.29, 1.82) is 0 Å². The van der Waals surface area contributed by atoms with Crippen molar-refractivity contribution in [3.8, 4) is 0 Å². The Labute approximate surface area is 90.2 Å². The van der Waals surface area contributed by atoms with Crippen molar-refractivity contribution in [3.05, 3.63) is 11.1 Å². The van der Waals surface area contributed by atoms with Gasteiger partial charge in [0.25, 0.3) is 0 Å². The van der Waals surface area contributed by atoms with Crippen LogP contribution < -0.4 is 0 Å². The number of rotatable bonds is 3. The first-order chi connectivity index (χ1) is 7.40. The van der Waals surface area contributed by atoms with Crippen molar-refractivity contribution >= 4 is 17.9 Å². The van der Waals surface area contributed by atoms with Crippen LogP contribution in [0.4, 0.5) is 0 Å². The molecule has 1 saturated carbocycles. The minimum Gasteiger partial charge on any atom is -0.481 e. The summed E-state index contributed by atoms with van der Waals surface area (Å²) >= 11 is 0. The first-order valence-electron chi connectivity index (χ1n) is 4.85. The second-order valence-corrected chi connectivity index (χ2v) is 4.23. The minimum absolute atomic E-state index is 0.103. The van der Waals surface area contributed by atoms with Crippen molar-refractivity contribution in [2.45, 2.75) is 19.3 Å². The Kier molecular flexibility index (Phi) is 2.04. The molecule has 2 aliphatic rings. The largest absolute Gasteiger partial charge is 0.481 e. The first kappa shape index (κ1) is 10.7. The molecule has 3 N–H and O–H groups in total. The van der Waals surface area contributed by atoms with Gasteiger partial charge in [-0.2, -0.15) is 0 Å². The summed E-state index contributed by atoms with van der Waals surface area (Å²) in [7, 11) is 0. The monoisotopic (exact) mass is 226 g/mol. The molecule has 6 heteroatoms. The molecule has 86 valence electrons. The third-order valence-electron chi connectivity index (χ3n) is 3.52. The Bertz CT molecular complexity index is 435. The van der Waals surface area contributed by atoms with Crippen LogP contribution in [0.15, 0.2) is 11.1 Å². The summed E-state index contributed by atoms with van der Waals surface area (Å²) < 4.78 is 0. The van der Waals surface area contributed by atoms with Crippen LogP contribution in [0.2, 0.25) is 0 Å². The van der Waals surface area contributed by atoms with Crippen molar-refractivity contribution in [2.75, 3.05) is 0 Å².